The fourth-order valence-electron chi connectivity index (χ4n) is 2.15. The topological polar surface area (TPSA) is 58.6 Å². The molecule has 0 saturated carbocycles. The van der Waals surface area contributed by atoms with Gasteiger partial charge >= 0.3 is 0 Å². The highest BCUT2D eigenvalue weighted by atomic mass is 79.9. The molecule has 0 spiro atoms. The molecule has 0 radical (unpaired) electrons. The van der Waals surface area contributed by atoms with Gasteiger partial charge in [0.1, 0.15) is 5.75 Å². The third-order valence-corrected chi connectivity index (χ3v) is 3.40. The summed E-state index contributed by atoms with van der Waals surface area (Å²) < 4.78 is 6.44. The average molecular weight is 358 g/mol. The molecule has 1 aromatic rings. The number of aliphatic hydroxyl groups is 1. The van der Waals surface area contributed by atoms with E-state index in [2.05, 4.69) is 21.2 Å². The quantitative estimate of drug-likeness (QED) is 0.751. The number of carbonyl (C=O) groups excluding carboxylic acids is 1. The maximum atomic E-state index is 11.7. The van der Waals surface area contributed by atoms with Crippen LogP contribution in [0.1, 0.15) is 33.6 Å². The van der Waals surface area contributed by atoms with E-state index in [0.717, 1.165) is 10.2 Å². The van der Waals surface area contributed by atoms with E-state index in [0.29, 0.717) is 18.9 Å². The van der Waals surface area contributed by atoms with Crippen molar-refractivity contribution in [3.05, 3.63) is 28.7 Å². The van der Waals surface area contributed by atoms with E-state index in [1.165, 1.54) is 0 Å². The summed E-state index contributed by atoms with van der Waals surface area (Å²) in [5.74, 6) is 0.995. The van der Waals surface area contributed by atoms with E-state index >= 15 is 0 Å². The summed E-state index contributed by atoms with van der Waals surface area (Å²) in [5, 5.41) is 12.9. The lowest BCUT2D eigenvalue weighted by Crippen LogP contribution is -2.41. The summed E-state index contributed by atoms with van der Waals surface area (Å²) >= 11 is 3.36. The molecule has 21 heavy (non-hydrogen) atoms. The summed E-state index contributed by atoms with van der Waals surface area (Å²) in [7, 11) is 0. The second kappa shape index (κ2) is 8.39. The van der Waals surface area contributed by atoms with Gasteiger partial charge in [0.05, 0.1) is 18.6 Å². The van der Waals surface area contributed by atoms with Crippen molar-refractivity contribution in [3.8, 4) is 5.75 Å². The second-order valence-corrected chi connectivity index (χ2v) is 6.84. The Labute approximate surface area is 135 Å². The first-order valence-corrected chi connectivity index (χ1v) is 7.95. The zero-order valence-corrected chi connectivity index (χ0v) is 14.4. The van der Waals surface area contributed by atoms with Gasteiger partial charge in [-0.3, -0.25) is 4.79 Å². The number of amides is 1. The van der Waals surface area contributed by atoms with Crippen molar-refractivity contribution in [2.45, 2.75) is 39.2 Å². The third-order valence-electron chi connectivity index (χ3n) is 2.91. The fraction of sp³-hybridized carbons (Fsp3) is 0.562. The van der Waals surface area contributed by atoms with Crippen LogP contribution in [-0.2, 0) is 4.79 Å². The zero-order chi connectivity index (χ0) is 15.9. The molecule has 1 unspecified atom stereocenters. The molecule has 0 saturated heterocycles. The number of nitrogens with one attached hydrogen (secondary N) is 1. The van der Waals surface area contributed by atoms with Crippen molar-refractivity contribution < 1.29 is 14.6 Å². The van der Waals surface area contributed by atoms with Gasteiger partial charge in [0.15, 0.2) is 0 Å². The number of ether oxygens (including phenoxy) is 1. The minimum absolute atomic E-state index is 0.117. The number of benzene rings is 1. The van der Waals surface area contributed by atoms with Crippen LogP contribution in [0.3, 0.4) is 0 Å². The first-order chi connectivity index (χ1) is 9.78. The Balaban J connectivity index is 2.25. The van der Waals surface area contributed by atoms with Crippen LogP contribution in [0.25, 0.3) is 0 Å². The molecule has 1 amide bonds. The third kappa shape index (κ3) is 8.07. The molecule has 0 aliphatic rings. The predicted molar refractivity (Wildman–Crippen MR) is 87.3 cm³/mol. The van der Waals surface area contributed by atoms with Gasteiger partial charge in [-0.25, -0.2) is 0 Å². The monoisotopic (exact) mass is 357 g/mol. The molecule has 4 nitrogen and oxygen atoms in total. The van der Waals surface area contributed by atoms with Crippen LogP contribution < -0.4 is 10.1 Å². The molecule has 0 aliphatic carbocycles. The van der Waals surface area contributed by atoms with Gasteiger partial charge in [0.2, 0.25) is 5.91 Å². The van der Waals surface area contributed by atoms with Crippen LogP contribution in [0.2, 0.25) is 0 Å². The molecular weight excluding hydrogens is 334 g/mol. The molecule has 5 heteroatoms. The highest BCUT2D eigenvalue weighted by Crippen LogP contribution is 2.18. The maximum absolute atomic E-state index is 11.7. The van der Waals surface area contributed by atoms with E-state index in [9.17, 15) is 9.90 Å². The zero-order valence-electron chi connectivity index (χ0n) is 12.9. The Morgan fingerprint density at radius 2 is 2.19 bits per heavy atom. The minimum atomic E-state index is -0.866. The van der Waals surface area contributed by atoms with Gasteiger partial charge in [-0.1, -0.05) is 35.8 Å². The lowest BCUT2D eigenvalue weighted by molar-refractivity contribution is -0.122. The van der Waals surface area contributed by atoms with E-state index in [-0.39, 0.29) is 18.9 Å². The predicted octanol–water partition coefficient (Wildman–Crippen LogP) is 3.13. The van der Waals surface area contributed by atoms with Gasteiger partial charge in [-0.2, -0.15) is 0 Å². The van der Waals surface area contributed by atoms with Crippen LogP contribution >= 0.6 is 15.9 Å². The van der Waals surface area contributed by atoms with Crippen molar-refractivity contribution in [1.29, 1.82) is 0 Å². The largest absolute Gasteiger partial charge is 0.493 e. The van der Waals surface area contributed by atoms with Crippen molar-refractivity contribution in [1.82, 2.24) is 5.32 Å². The maximum Gasteiger partial charge on any atom is 0.223 e. The molecule has 1 rings (SSSR count). The molecule has 1 aromatic carbocycles. The molecule has 118 valence electrons. The fourth-order valence-corrected chi connectivity index (χ4v) is 2.53. The summed E-state index contributed by atoms with van der Waals surface area (Å²) in [4.78, 5) is 11.7. The SMILES string of the molecule is CC(C)CC(C)(O)CNC(=O)CCOc1cccc(Br)c1. The van der Waals surface area contributed by atoms with E-state index in [1.807, 2.05) is 38.1 Å². The molecule has 0 aliphatic heterocycles. The smallest absolute Gasteiger partial charge is 0.223 e. The summed E-state index contributed by atoms with van der Waals surface area (Å²) in [6.45, 7) is 6.41. The van der Waals surface area contributed by atoms with Crippen molar-refractivity contribution in [2.75, 3.05) is 13.2 Å². The highest BCUT2D eigenvalue weighted by Gasteiger charge is 2.22. The Kier molecular flexibility index (Phi) is 7.18. The van der Waals surface area contributed by atoms with Gasteiger partial charge in [-0.05, 0) is 37.5 Å². The van der Waals surface area contributed by atoms with Crippen molar-refractivity contribution >= 4 is 21.8 Å². The minimum Gasteiger partial charge on any atom is -0.493 e. The van der Waals surface area contributed by atoms with E-state index in [4.69, 9.17) is 4.74 Å². The molecule has 0 heterocycles. The van der Waals surface area contributed by atoms with Crippen LogP contribution in [0.15, 0.2) is 28.7 Å². The standard InChI is InChI=1S/C16H24BrNO3/c1-12(2)10-16(3,20)11-18-15(19)7-8-21-14-6-4-5-13(17)9-14/h4-6,9,12,20H,7-8,10-11H2,1-3H3,(H,18,19). The first kappa shape index (κ1) is 18.0. The summed E-state index contributed by atoms with van der Waals surface area (Å²) in [5.41, 5.74) is -0.866. The number of hydrogen-bond acceptors (Lipinski definition) is 3. The van der Waals surface area contributed by atoms with Gasteiger partial charge in [0, 0.05) is 11.0 Å². The Hall–Kier alpha value is -1.07. The first-order valence-electron chi connectivity index (χ1n) is 7.16. The molecule has 0 bridgehead atoms. The highest BCUT2D eigenvalue weighted by molar-refractivity contribution is 9.10. The molecule has 0 fully saturated rings. The number of rotatable bonds is 8. The second-order valence-electron chi connectivity index (χ2n) is 5.93. The molecule has 0 aromatic heterocycles. The molecule has 1 atom stereocenters. The van der Waals surface area contributed by atoms with E-state index < -0.39 is 5.60 Å². The van der Waals surface area contributed by atoms with Crippen molar-refractivity contribution in [3.63, 3.8) is 0 Å². The average Bonchev–Trinajstić information content (AvgIpc) is 2.35. The van der Waals surface area contributed by atoms with Gasteiger partial charge in [-0.15, -0.1) is 0 Å². The molecular formula is C16H24BrNO3. The lowest BCUT2D eigenvalue weighted by Gasteiger charge is -2.25. The Morgan fingerprint density at radius 3 is 2.81 bits per heavy atom. The number of halogens is 1. The number of hydrogen-bond donors (Lipinski definition) is 2. The van der Waals surface area contributed by atoms with Crippen molar-refractivity contribution in [2.24, 2.45) is 5.92 Å². The van der Waals surface area contributed by atoms with E-state index in [1.54, 1.807) is 6.92 Å². The summed E-state index contributed by atoms with van der Waals surface area (Å²) in [6.07, 6.45) is 0.923. The Morgan fingerprint density at radius 1 is 1.48 bits per heavy atom. The van der Waals surface area contributed by atoms with Gasteiger partial charge in [0.25, 0.3) is 0 Å². The van der Waals surface area contributed by atoms with Crippen LogP contribution in [0, 0.1) is 5.92 Å². The Bertz CT molecular complexity index is 461. The number of carbonyl (C=O) groups is 1. The van der Waals surface area contributed by atoms with Crippen LogP contribution in [0.4, 0.5) is 0 Å². The lowest BCUT2D eigenvalue weighted by atomic mass is 9.94. The summed E-state index contributed by atoms with van der Waals surface area (Å²) in [6, 6.07) is 7.49. The van der Waals surface area contributed by atoms with Crippen LogP contribution in [-0.4, -0.2) is 29.8 Å². The molecule has 2 N–H and O–H groups in total. The van der Waals surface area contributed by atoms with Gasteiger partial charge < -0.3 is 15.2 Å². The normalized spacial score (nSPS) is 13.8. The van der Waals surface area contributed by atoms with Crippen LogP contribution in [0.5, 0.6) is 5.75 Å².